The molecule has 2 amide bonds. The molecule has 0 aliphatic carbocycles. The summed E-state index contributed by atoms with van der Waals surface area (Å²) >= 11 is 5.79. The van der Waals surface area contributed by atoms with Crippen LogP contribution in [0.15, 0.2) is 24.3 Å². The number of hydrogen-bond donors (Lipinski definition) is 0. The number of carbonyl (C=O) groups is 2. The molecule has 0 unspecified atom stereocenters. The van der Waals surface area contributed by atoms with Gasteiger partial charge in [-0.15, -0.1) is 0 Å². The molecule has 5 nitrogen and oxygen atoms in total. The summed E-state index contributed by atoms with van der Waals surface area (Å²) in [6.07, 6.45) is 0. The maximum Gasteiger partial charge on any atom is 0.313 e. The van der Waals surface area contributed by atoms with E-state index in [1.807, 2.05) is 18.2 Å². The van der Waals surface area contributed by atoms with Gasteiger partial charge in [0.15, 0.2) is 0 Å². The molecule has 1 aromatic carbocycles. The lowest BCUT2D eigenvalue weighted by Crippen LogP contribution is -2.53. The van der Waals surface area contributed by atoms with E-state index in [9.17, 15) is 9.59 Å². The first-order chi connectivity index (χ1) is 9.11. The fourth-order valence-electron chi connectivity index (χ4n) is 1.91. The van der Waals surface area contributed by atoms with Crippen molar-refractivity contribution >= 4 is 23.4 Å². The number of nitrogens with zero attached hydrogens (tertiary/aromatic N) is 3. The third-order valence-corrected chi connectivity index (χ3v) is 3.20. The molecule has 0 aromatic heterocycles. The lowest BCUT2D eigenvalue weighted by atomic mass is 10.2. The van der Waals surface area contributed by atoms with Crippen LogP contribution in [0.3, 0.4) is 0 Å². The van der Waals surface area contributed by atoms with Crippen LogP contribution >= 0.6 is 11.6 Å². The molecular weight excluding hydrogens is 266 g/mol. The van der Waals surface area contributed by atoms with Crippen molar-refractivity contribution in [1.29, 1.82) is 5.26 Å². The van der Waals surface area contributed by atoms with Crippen LogP contribution in [-0.2, 0) is 16.1 Å². The lowest BCUT2D eigenvalue weighted by molar-refractivity contribution is -0.155. The van der Waals surface area contributed by atoms with Gasteiger partial charge in [0.25, 0.3) is 0 Å². The maximum atomic E-state index is 11.9. The first kappa shape index (κ1) is 13.4. The number of piperazine rings is 1. The molecule has 1 saturated heterocycles. The third-order valence-electron chi connectivity index (χ3n) is 2.95. The van der Waals surface area contributed by atoms with E-state index in [2.05, 4.69) is 0 Å². The third kappa shape index (κ3) is 3.04. The van der Waals surface area contributed by atoms with Crippen molar-refractivity contribution in [3.8, 4) is 6.07 Å². The minimum atomic E-state index is -0.609. The number of benzene rings is 1. The quantitative estimate of drug-likeness (QED) is 0.612. The number of hydrogen-bond acceptors (Lipinski definition) is 3. The molecule has 0 bridgehead atoms. The number of rotatable bonds is 3. The van der Waals surface area contributed by atoms with Crippen LogP contribution in [0.25, 0.3) is 0 Å². The highest BCUT2D eigenvalue weighted by molar-refractivity contribution is 6.35. The summed E-state index contributed by atoms with van der Waals surface area (Å²) in [5.74, 6) is -1.17. The molecule has 19 heavy (non-hydrogen) atoms. The SMILES string of the molecule is N#CCN1CCN(Cc2ccc(Cl)cc2)C(=O)C1=O. The molecule has 1 aromatic rings. The Labute approximate surface area is 116 Å². The zero-order valence-electron chi connectivity index (χ0n) is 10.2. The highest BCUT2D eigenvalue weighted by Crippen LogP contribution is 2.13. The zero-order valence-corrected chi connectivity index (χ0v) is 10.9. The van der Waals surface area contributed by atoms with E-state index < -0.39 is 11.8 Å². The largest absolute Gasteiger partial charge is 0.328 e. The Morgan fingerprint density at radius 1 is 1.11 bits per heavy atom. The molecule has 1 heterocycles. The number of amides is 2. The van der Waals surface area contributed by atoms with Crippen LogP contribution in [0.5, 0.6) is 0 Å². The zero-order chi connectivity index (χ0) is 13.8. The first-order valence-electron chi connectivity index (χ1n) is 5.81. The van der Waals surface area contributed by atoms with E-state index in [1.165, 1.54) is 9.80 Å². The summed E-state index contributed by atoms with van der Waals surface area (Å²) in [6, 6.07) is 9.01. The van der Waals surface area contributed by atoms with Crippen molar-refractivity contribution in [2.45, 2.75) is 6.54 Å². The second kappa shape index (κ2) is 5.72. The summed E-state index contributed by atoms with van der Waals surface area (Å²) in [5.41, 5.74) is 0.916. The average Bonchev–Trinajstić information content (AvgIpc) is 2.41. The monoisotopic (exact) mass is 277 g/mol. The van der Waals surface area contributed by atoms with E-state index in [4.69, 9.17) is 16.9 Å². The Kier molecular flexibility index (Phi) is 4.03. The van der Waals surface area contributed by atoms with Crippen LogP contribution in [0.4, 0.5) is 0 Å². The Bertz CT molecular complexity index is 536. The van der Waals surface area contributed by atoms with Gasteiger partial charge < -0.3 is 9.80 Å². The molecule has 2 rings (SSSR count). The Hall–Kier alpha value is -2.06. The Balaban J connectivity index is 2.03. The first-order valence-corrected chi connectivity index (χ1v) is 6.19. The van der Waals surface area contributed by atoms with Gasteiger partial charge in [-0.3, -0.25) is 9.59 Å². The molecular formula is C13H12ClN3O2. The maximum absolute atomic E-state index is 11.9. The number of nitriles is 1. The van der Waals surface area contributed by atoms with Gasteiger partial charge in [0.2, 0.25) is 0 Å². The summed E-state index contributed by atoms with van der Waals surface area (Å²) in [6.45, 7) is 1.17. The van der Waals surface area contributed by atoms with Gasteiger partial charge in [0.05, 0.1) is 6.07 Å². The van der Waals surface area contributed by atoms with Crippen LogP contribution in [0.2, 0.25) is 5.02 Å². The van der Waals surface area contributed by atoms with Gasteiger partial charge >= 0.3 is 11.8 Å². The van der Waals surface area contributed by atoms with E-state index >= 15 is 0 Å². The van der Waals surface area contributed by atoms with Gasteiger partial charge in [-0.05, 0) is 17.7 Å². The van der Waals surface area contributed by atoms with Crippen molar-refractivity contribution in [3.63, 3.8) is 0 Å². The van der Waals surface area contributed by atoms with Crippen molar-refractivity contribution in [3.05, 3.63) is 34.9 Å². The molecule has 0 radical (unpaired) electrons. The molecule has 0 spiro atoms. The summed E-state index contributed by atoms with van der Waals surface area (Å²) < 4.78 is 0. The highest BCUT2D eigenvalue weighted by Gasteiger charge is 2.32. The van der Waals surface area contributed by atoms with Crippen molar-refractivity contribution in [1.82, 2.24) is 9.80 Å². The predicted octanol–water partition coefficient (Wildman–Crippen LogP) is 1.03. The molecule has 0 atom stereocenters. The molecule has 0 saturated carbocycles. The van der Waals surface area contributed by atoms with Gasteiger partial charge in [0.1, 0.15) is 6.54 Å². The Morgan fingerprint density at radius 2 is 1.68 bits per heavy atom. The standard InChI is InChI=1S/C13H12ClN3O2/c14-11-3-1-10(2-4-11)9-17-8-7-16(6-5-15)12(18)13(17)19/h1-4H,6-9H2. The van der Waals surface area contributed by atoms with Crippen molar-refractivity contribution < 1.29 is 9.59 Å². The van der Waals surface area contributed by atoms with E-state index in [0.717, 1.165) is 5.56 Å². The molecule has 0 N–H and O–H groups in total. The van der Waals surface area contributed by atoms with Gasteiger partial charge in [-0.25, -0.2) is 0 Å². The fourth-order valence-corrected chi connectivity index (χ4v) is 2.04. The van der Waals surface area contributed by atoms with Gasteiger partial charge in [-0.1, -0.05) is 23.7 Å². The van der Waals surface area contributed by atoms with Crippen molar-refractivity contribution in [2.75, 3.05) is 19.6 Å². The number of halogens is 1. The minimum absolute atomic E-state index is 0.0423. The molecule has 98 valence electrons. The van der Waals surface area contributed by atoms with Crippen LogP contribution in [0.1, 0.15) is 5.56 Å². The number of carbonyl (C=O) groups excluding carboxylic acids is 2. The smallest absolute Gasteiger partial charge is 0.313 e. The van der Waals surface area contributed by atoms with Gasteiger partial charge in [0, 0.05) is 24.7 Å². The molecule has 1 fully saturated rings. The van der Waals surface area contributed by atoms with Crippen LogP contribution in [-0.4, -0.2) is 41.2 Å². The molecule has 6 heteroatoms. The fraction of sp³-hybridized carbons (Fsp3) is 0.308. The Morgan fingerprint density at radius 3 is 2.32 bits per heavy atom. The van der Waals surface area contributed by atoms with Crippen molar-refractivity contribution in [2.24, 2.45) is 0 Å². The second-order valence-electron chi connectivity index (χ2n) is 4.24. The van der Waals surface area contributed by atoms with Crippen LogP contribution in [0, 0.1) is 11.3 Å². The summed E-state index contributed by atoms with van der Waals surface area (Å²) in [7, 11) is 0. The van der Waals surface area contributed by atoms with E-state index in [-0.39, 0.29) is 6.54 Å². The van der Waals surface area contributed by atoms with E-state index in [1.54, 1.807) is 12.1 Å². The highest BCUT2D eigenvalue weighted by atomic mass is 35.5. The second-order valence-corrected chi connectivity index (χ2v) is 4.67. The summed E-state index contributed by atoms with van der Waals surface area (Å²) in [5, 5.41) is 9.20. The van der Waals surface area contributed by atoms with Gasteiger partial charge in [-0.2, -0.15) is 5.26 Å². The minimum Gasteiger partial charge on any atom is -0.328 e. The van der Waals surface area contributed by atoms with Crippen LogP contribution < -0.4 is 0 Å². The molecule has 1 aliphatic rings. The van der Waals surface area contributed by atoms with E-state index in [0.29, 0.717) is 24.7 Å². The lowest BCUT2D eigenvalue weighted by Gasteiger charge is -2.32. The summed E-state index contributed by atoms with van der Waals surface area (Å²) in [4.78, 5) is 26.4. The molecule has 1 aliphatic heterocycles. The predicted molar refractivity (Wildman–Crippen MR) is 69.1 cm³/mol. The normalized spacial score (nSPS) is 15.6. The topological polar surface area (TPSA) is 64.4 Å². The average molecular weight is 278 g/mol.